The third kappa shape index (κ3) is 3.86. The van der Waals surface area contributed by atoms with Crippen molar-refractivity contribution in [2.75, 3.05) is 16.6 Å². The highest BCUT2D eigenvalue weighted by Crippen LogP contribution is 2.25. The molecule has 1 fully saturated rings. The first-order chi connectivity index (χ1) is 10.7. The molecular formula is C17H26N2O3S. The molecule has 0 aromatic heterocycles. The average molecular weight is 338 g/mol. The fourth-order valence-corrected chi connectivity index (χ4v) is 4.72. The molecule has 0 atom stereocenters. The zero-order valence-corrected chi connectivity index (χ0v) is 15.1. The number of carbonyl (C=O) groups excluding carboxylic acids is 1. The van der Waals surface area contributed by atoms with E-state index in [1.54, 1.807) is 24.3 Å². The molecule has 1 aromatic carbocycles. The summed E-state index contributed by atoms with van der Waals surface area (Å²) in [5.74, 6) is 0.112. The fourth-order valence-electron chi connectivity index (χ4n) is 3.09. The zero-order valence-electron chi connectivity index (χ0n) is 14.3. The van der Waals surface area contributed by atoms with Crippen LogP contribution in [-0.2, 0) is 10.0 Å². The summed E-state index contributed by atoms with van der Waals surface area (Å²) < 4.78 is 25.9. The zero-order chi connectivity index (χ0) is 17.2. The normalized spacial score (nSPS) is 17.6. The Morgan fingerprint density at radius 2 is 1.78 bits per heavy atom. The van der Waals surface area contributed by atoms with Crippen LogP contribution < -0.4 is 4.31 Å². The van der Waals surface area contributed by atoms with Crippen molar-refractivity contribution in [3.63, 3.8) is 0 Å². The molecule has 0 radical (unpaired) electrons. The predicted molar refractivity (Wildman–Crippen MR) is 93.3 cm³/mol. The van der Waals surface area contributed by atoms with Crippen LogP contribution in [0.15, 0.2) is 24.3 Å². The summed E-state index contributed by atoms with van der Waals surface area (Å²) in [6.07, 6.45) is 1.55. The van der Waals surface area contributed by atoms with Gasteiger partial charge in [0.25, 0.3) is 5.91 Å². The van der Waals surface area contributed by atoms with Crippen LogP contribution in [0.2, 0.25) is 0 Å². The number of benzene rings is 1. The Morgan fingerprint density at radius 1 is 1.13 bits per heavy atom. The molecule has 1 heterocycles. The summed E-state index contributed by atoms with van der Waals surface area (Å²) in [6.45, 7) is 8.42. The first-order valence-corrected chi connectivity index (χ1v) is 9.78. The van der Waals surface area contributed by atoms with Gasteiger partial charge in [0, 0.05) is 24.2 Å². The quantitative estimate of drug-likeness (QED) is 0.848. The van der Waals surface area contributed by atoms with E-state index < -0.39 is 10.0 Å². The molecule has 128 valence electrons. The third-order valence-corrected chi connectivity index (χ3v) is 5.95. The molecular weight excluding hydrogens is 312 g/mol. The van der Waals surface area contributed by atoms with Gasteiger partial charge in [-0.15, -0.1) is 0 Å². The van der Waals surface area contributed by atoms with Crippen molar-refractivity contribution in [2.24, 2.45) is 0 Å². The first-order valence-electron chi connectivity index (χ1n) is 8.17. The summed E-state index contributed by atoms with van der Waals surface area (Å²) in [5.41, 5.74) is 1.12. The van der Waals surface area contributed by atoms with E-state index in [-0.39, 0.29) is 23.7 Å². The maximum absolute atomic E-state index is 12.8. The molecule has 0 N–H and O–H groups in total. The van der Waals surface area contributed by atoms with Gasteiger partial charge in [0.15, 0.2) is 0 Å². The van der Waals surface area contributed by atoms with E-state index in [9.17, 15) is 13.2 Å². The van der Waals surface area contributed by atoms with Crippen LogP contribution in [0.25, 0.3) is 0 Å². The van der Waals surface area contributed by atoms with Crippen LogP contribution in [0.3, 0.4) is 0 Å². The Balaban J connectivity index is 2.34. The lowest BCUT2D eigenvalue weighted by atomic mass is 10.1. The summed E-state index contributed by atoms with van der Waals surface area (Å²) >= 11 is 0. The number of hydrogen-bond donors (Lipinski definition) is 0. The van der Waals surface area contributed by atoms with Crippen molar-refractivity contribution in [1.82, 2.24) is 4.90 Å². The van der Waals surface area contributed by atoms with Crippen molar-refractivity contribution in [2.45, 2.75) is 52.6 Å². The van der Waals surface area contributed by atoms with Gasteiger partial charge in [0.1, 0.15) is 0 Å². The van der Waals surface area contributed by atoms with Crippen molar-refractivity contribution in [1.29, 1.82) is 0 Å². The number of nitrogens with zero attached hydrogens (tertiary/aromatic N) is 2. The Bertz CT molecular complexity index is 660. The van der Waals surface area contributed by atoms with E-state index in [0.717, 1.165) is 6.42 Å². The predicted octanol–water partition coefficient (Wildman–Crippen LogP) is 2.88. The second-order valence-corrected chi connectivity index (χ2v) is 8.56. The molecule has 6 heteroatoms. The first kappa shape index (κ1) is 17.8. The maximum atomic E-state index is 12.8. The van der Waals surface area contributed by atoms with Gasteiger partial charge in [0.2, 0.25) is 10.0 Å². The highest BCUT2D eigenvalue weighted by atomic mass is 32.2. The van der Waals surface area contributed by atoms with Crippen molar-refractivity contribution >= 4 is 21.6 Å². The van der Waals surface area contributed by atoms with Crippen LogP contribution in [0.5, 0.6) is 0 Å². The lowest BCUT2D eigenvalue weighted by Gasteiger charge is -2.32. The molecule has 1 saturated heterocycles. The Kier molecular flexibility index (Phi) is 5.34. The minimum atomic E-state index is -3.26. The Hall–Kier alpha value is -1.56. The maximum Gasteiger partial charge on any atom is 0.254 e. The number of carbonyl (C=O) groups is 1. The van der Waals surface area contributed by atoms with Crippen LogP contribution in [-0.4, -0.2) is 43.6 Å². The summed E-state index contributed by atoms with van der Waals surface area (Å²) in [5, 5.41) is 0. The van der Waals surface area contributed by atoms with E-state index in [2.05, 4.69) is 0 Å². The highest BCUT2D eigenvalue weighted by molar-refractivity contribution is 7.92. The lowest BCUT2D eigenvalue weighted by Crippen LogP contribution is -2.42. The topological polar surface area (TPSA) is 57.7 Å². The molecule has 1 aliphatic rings. The smallest absolute Gasteiger partial charge is 0.254 e. The number of hydrogen-bond acceptors (Lipinski definition) is 3. The van der Waals surface area contributed by atoms with Crippen LogP contribution in [0.1, 0.15) is 50.9 Å². The molecule has 0 bridgehead atoms. The largest absolute Gasteiger partial charge is 0.334 e. The minimum absolute atomic E-state index is 0.0637. The molecule has 5 nitrogen and oxygen atoms in total. The molecule has 0 aliphatic carbocycles. The number of anilines is 1. The highest BCUT2D eigenvalue weighted by Gasteiger charge is 2.27. The van der Waals surface area contributed by atoms with E-state index in [1.807, 2.05) is 32.6 Å². The molecule has 0 saturated carbocycles. The fraction of sp³-hybridized carbons (Fsp3) is 0.588. The minimum Gasteiger partial charge on any atom is -0.334 e. The summed E-state index contributed by atoms with van der Waals surface area (Å²) in [7, 11) is -3.26. The van der Waals surface area contributed by atoms with E-state index in [0.29, 0.717) is 24.2 Å². The molecule has 1 aromatic rings. The Labute approximate surface area is 139 Å². The van der Waals surface area contributed by atoms with Crippen molar-refractivity contribution in [3.8, 4) is 0 Å². The van der Waals surface area contributed by atoms with Gasteiger partial charge in [-0.2, -0.15) is 0 Å². The molecule has 23 heavy (non-hydrogen) atoms. The van der Waals surface area contributed by atoms with E-state index in [1.165, 1.54) is 4.31 Å². The van der Waals surface area contributed by atoms with Crippen molar-refractivity contribution < 1.29 is 13.2 Å². The van der Waals surface area contributed by atoms with Crippen molar-refractivity contribution in [3.05, 3.63) is 29.8 Å². The summed E-state index contributed by atoms with van der Waals surface area (Å²) in [6, 6.07) is 7.14. The number of sulfonamides is 1. The number of amides is 1. The van der Waals surface area contributed by atoms with Gasteiger partial charge in [-0.3, -0.25) is 9.10 Å². The van der Waals surface area contributed by atoms with E-state index in [4.69, 9.17) is 0 Å². The van der Waals surface area contributed by atoms with Gasteiger partial charge in [-0.1, -0.05) is 6.07 Å². The second-order valence-electron chi connectivity index (χ2n) is 6.55. The SMILES string of the molecule is CC(C)N(C(=O)c1cccc(N2CCCCS2(=O)=O)c1)C(C)C. The van der Waals surface area contributed by atoms with Crippen LogP contribution >= 0.6 is 0 Å². The molecule has 1 amide bonds. The van der Waals surface area contributed by atoms with Gasteiger partial charge in [-0.05, 0) is 58.7 Å². The van der Waals surface area contributed by atoms with Crippen LogP contribution in [0.4, 0.5) is 5.69 Å². The standard InChI is InChI=1S/C17H26N2O3S/c1-13(2)19(14(3)4)17(20)15-8-7-9-16(12-15)18-10-5-6-11-23(18,21)22/h7-9,12-14H,5-6,10-11H2,1-4H3. The third-order valence-electron chi connectivity index (χ3n) is 4.08. The molecule has 1 aliphatic heterocycles. The van der Waals surface area contributed by atoms with Crippen LogP contribution in [0, 0.1) is 0 Å². The number of rotatable bonds is 4. The molecule has 0 unspecified atom stereocenters. The van der Waals surface area contributed by atoms with Gasteiger partial charge in [0.05, 0.1) is 11.4 Å². The average Bonchev–Trinajstić information content (AvgIpc) is 2.46. The lowest BCUT2D eigenvalue weighted by molar-refractivity contribution is 0.0643. The molecule has 2 rings (SSSR count). The molecule has 0 spiro atoms. The monoisotopic (exact) mass is 338 g/mol. The van der Waals surface area contributed by atoms with Gasteiger partial charge in [-0.25, -0.2) is 8.42 Å². The second kappa shape index (κ2) is 6.91. The summed E-state index contributed by atoms with van der Waals surface area (Å²) in [4.78, 5) is 14.6. The van der Waals surface area contributed by atoms with Gasteiger partial charge < -0.3 is 4.90 Å². The Morgan fingerprint density at radius 3 is 2.35 bits per heavy atom. The van der Waals surface area contributed by atoms with Gasteiger partial charge >= 0.3 is 0 Å². The van der Waals surface area contributed by atoms with E-state index >= 15 is 0 Å².